The smallest absolute Gasteiger partial charge is 0.258 e. The molecule has 1 aliphatic rings. The Morgan fingerprint density at radius 1 is 1.38 bits per heavy atom. The maximum atomic E-state index is 12.0. The molecule has 1 heterocycles. The summed E-state index contributed by atoms with van der Waals surface area (Å²) >= 11 is 0. The van der Waals surface area contributed by atoms with Crippen LogP contribution >= 0.6 is 0 Å². The molecule has 2 rings (SSSR count). The van der Waals surface area contributed by atoms with Crippen molar-refractivity contribution in [3.05, 3.63) is 34.4 Å². The molecule has 0 saturated carbocycles. The minimum atomic E-state index is -3.89. The molecule has 0 bridgehead atoms. The molecule has 0 aliphatic carbocycles. The number of nitro benzene ring substituents is 1. The van der Waals surface area contributed by atoms with E-state index in [1.54, 1.807) is 0 Å². The summed E-state index contributed by atoms with van der Waals surface area (Å²) in [4.78, 5) is 9.75. The van der Waals surface area contributed by atoms with Gasteiger partial charge in [0, 0.05) is 18.7 Å². The Kier molecular flexibility index (Phi) is 4.30. The lowest BCUT2D eigenvalue weighted by molar-refractivity contribution is -0.385. The number of sulfone groups is 1. The first-order chi connectivity index (χ1) is 9.70. The van der Waals surface area contributed by atoms with Crippen molar-refractivity contribution in [3.63, 3.8) is 0 Å². The van der Waals surface area contributed by atoms with Crippen LogP contribution in [-0.2, 0) is 19.9 Å². The second kappa shape index (κ2) is 5.70. The molecular weight excluding hydrogens is 320 g/mol. The lowest BCUT2D eigenvalue weighted by Crippen LogP contribution is -2.30. The molecule has 0 radical (unpaired) electrons. The highest BCUT2D eigenvalue weighted by Crippen LogP contribution is 2.20. The van der Waals surface area contributed by atoms with E-state index in [0.29, 0.717) is 6.42 Å². The number of nitrogens with one attached hydrogen (secondary N) is 1. The maximum Gasteiger partial charge on any atom is 0.270 e. The van der Waals surface area contributed by atoms with E-state index in [0.717, 1.165) is 6.07 Å². The molecule has 1 fully saturated rings. The van der Waals surface area contributed by atoms with Crippen LogP contribution in [0.25, 0.3) is 0 Å². The molecule has 1 aliphatic heterocycles. The highest BCUT2D eigenvalue weighted by molar-refractivity contribution is 7.91. The summed E-state index contributed by atoms with van der Waals surface area (Å²) in [6.45, 7) is 0.00422. The number of sulfonamides is 1. The first-order valence-electron chi connectivity index (χ1n) is 6.14. The van der Waals surface area contributed by atoms with E-state index in [1.807, 2.05) is 0 Å². The number of non-ortho nitro benzene ring substituents is 1. The molecule has 1 aromatic rings. The fourth-order valence-corrected chi connectivity index (χ4v) is 5.13. The Labute approximate surface area is 122 Å². The molecular formula is C11H14N2O6S2. The van der Waals surface area contributed by atoms with Crippen LogP contribution in [0.5, 0.6) is 0 Å². The molecule has 0 amide bonds. The van der Waals surface area contributed by atoms with Crippen LogP contribution in [0.3, 0.4) is 0 Å². The van der Waals surface area contributed by atoms with Gasteiger partial charge in [0.1, 0.15) is 0 Å². The lowest BCUT2D eigenvalue weighted by Gasteiger charge is -2.10. The first-order valence-corrected chi connectivity index (χ1v) is 9.45. The quantitative estimate of drug-likeness (QED) is 0.610. The maximum absolute atomic E-state index is 12.0. The molecule has 8 nitrogen and oxygen atoms in total. The zero-order valence-electron chi connectivity index (χ0n) is 10.9. The largest absolute Gasteiger partial charge is 0.270 e. The third-order valence-electron chi connectivity index (χ3n) is 3.23. The fraction of sp³-hybridized carbons (Fsp3) is 0.455. The van der Waals surface area contributed by atoms with Crippen LogP contribution in [0.2, 0.25) is 0 Å². The van der Waals surface area contributed by atoms with Gasteiger partial charge in [0.15, 0.2) is 9.84 Å². The predicted octanol–water partition coefficient (Wildman–Crippen LogP) is 0.308. The second-order valence-electron chi connectivity index (χ2n) is 4.88. The molecule has 21 heavy (non-hydrogen) atoms. The van der Waals surface area contributed by atoms with Gasteiger partial charge in [-0.3, -0.25) is 10.1 Å². The van der Waals surface area contributed by atoms with Crippen LogP contribution in [0.1, 0.15) is 6.42 Å². The van der Waals surface area contributed by atoms with Crippen molar-refractivity contribution in [1.29, 1.82) is 0 Å². The Morgan fingerprint density at radius 3 is 2.67 bits per heavy atom. The second-order valence-corrected chi connectivity index (χ2v) is 8.87. The molecule has 1 unspecified atom stereocenters. The van der Waals surface area contributed by atoms with E-state index in [1.165, 1.54) is 18.2 Å². The monoisotopic (exact) mass is 334 g/mol. The van der Waals surface area contributed by atoms with E-state index < -0.39 is 24.8 Å². The van der Waals surface area contributed by atoms with Crippen molar-refractivity contribution >= 4 is 25.5 Å². The lowest BCUT2D eigenvalue weighted by atomic mass is 10.1. The van der Waals surface area contributed by atoms with Crippen molar-refractivity contribution in [2.45, 2.75) is 11.3 Å². The van der Waals surface area contributed by atoms with Crippen LogP contribution in [0.15, 0.2) is 29.2 Å². The molecule has 0 aromatic heterocycles. The number of rotatable bonds is 5. The van der Waals surface area contributed by atoms with Gasteiger partial charge in [-0.15, -0.1) is 0 Å². The summed E-state index contributed by atoms with van der Waals surface area (Å²) in [6, 6.07) is 4.70. The van der Waals surface area contributed by atoms with Gasteiger partial charge in [0.2, 0.25) is 10.0 Å². The summed E-state index contributed by atoms with van der Waals surface area (Å²) in [5.41, 5.74) is -0.318. The average molecular weight is 334 g/mol. The van der Waals surface area contributed by atoms with Gasteiger partial charge in [-0.05, 0) is 18.4 Å². The van der Waals surface area contributed by atoms with E-state index in [9.17, 15) is 26.9 Å². The summed E-state index contributed by atoms with van der Waals surface area (Å²) in [5, 5.41) is 10.6. The average Bonchev–Trinajstić information content (AvgIpc) is 2.76. The van der Waals surface area contributed by atoms with Crippen LogP contribution < -0.4 is 4.72 Å². The number of nitrogens with zero attached hydrogens (tertiary/aromatic N) is 1. The number of hydrogen-bond acceptors (Lipinski definition) is 6. The van der Waals surface area contributed by atoms with E-state index in [-0.39, 0.29) is 34.6 Å². The zero-order valence-corrected chi connectivity index (χ0v) is 12.6. The van der Waals surface area contributed by atoms with Gasteiger partial charge >= 0.3 is 0 Å². The predicted molar refractivity (Wildman–Crippen MR) is 75.0 cm³/mol. The normalized spacial score (nSPS) is 21.2. The van der Waals surface area contributed by atoms with Crippen molar-refractivity contribution in [3.8, 4) is 0 Å². The SMILES string of the molecule is O=[N+]([O-])c1cccc(S(=O)(=O)NCC2CCS(=O)(=O)C2)c1. The van der Waals surface area contributed by atoms with E-state index in [2.05, 4.69) is 4.72 Å². The molecule has 116 valence electrons. The van der Waals surface area contributed by atoms with E-state index in [4.69, 9.17) is 0 Å². The standard InChI is InChI=1S/C11H14N2O6S2/c14-13(15)10-2-1-3-11(6-10)21(18,19)12-7-9-4-5-20(16,17)8-9/h1-3,6,9,12H,4-5,7-8H2. The number of nitro groups is 1. The van der Waals surface area contributed by atoms with Crippen LogP contribution in [0, 0.1) is 16.0 Å². The topological polar surface area (TPSA) is 123 Å². The highest BCUT2D eigenvalue weighted by Gasteiger charge is 2.29. The third kappa shape index (κ3) is 3.99. The van der Waals surface area contributed by atoms with Gasteiger partial charge < -0.3 is 0 Å². The molecule has 0 spiro atoms. The van der Waals surface area contributed by atoms with Crippen molar-refractivity contribution in [1.82, 2.24) is 4.72 Å². The van der Waals surface area contributed by atoms with Gasteiger partial charge in [-0.25, -0.2) is 21.6 Å². The Hall–Kier alpha value is -1.52. The molecule has 1 N–H and O–H groups in total. The van der Waals surface area contributed by atoms with Crippen molar-refractivity contribution in [2.75, 3.05) is 18.1 Å². The van der Waals surface area contributed by atoms with Crippen LogP contribution in [-0.4, -0.2) is 39.8 Å². The Balaban J connectivity index is 2.09. The summed E-state index contributed by atoms with van der Waals surface area (Å²) in [7, 11) is -6.96. The Morgan fingerprint density at radius 2 is 2.10 bits per heavy atom. The van der Waals surface area contributed by atoms with Gasteiger partial charge in [0.05, 0.1) is 21.3 Å². The molecule has 1 atom stereocenters. The molecule has 1 aromatic carbocycles. The van der Waals surface area contributed by atoms with Crippen molar-refractivity contribution < 1.29 is 21.8 Å². The van der Waals surface area contributed by atoms with Gasteiger partial charge in [0.25, 0.3) is 5.69 Å². The van der Waals surface area contributed by atoms with Gasteiger partial charge in [-0.1, -0.05) is 6.07 Å². The minimum absolute atomic E-state index is 0.00422. The van der Waals surface area contributed by atoms with Gasteiger partial charge in [-0.2, -0.15) is 0 Å². The third-order valence-corrected chi connectivity index (χ3v) is 6.49. The van der Waals surface area contributed by atoms with Crippen molar-refractivity contribution in [2.24, 2.45) is 5.92 Å². The van der Waals surface area contributed by atoms with E-state index >= 15 is 0 Å². The van der Waals surface area contributed by atoms with Crippen LogP contribution in [0.4, 0.5) is 5.69 Å². The summed E-state index contributed by atoms with van der Waals surface area (Å²) in [5.74, 6) is -0.232. The molecule has 10 heteroatoms. The number of benzene rings is 1. The fourth-order valence-electron chi connectivity index (χ4n) is 2.11. The Bertz CT molecular complexity index is 757. The highest BCUT2D eigenvalue weighted by atomic mass is 32.2. The first kappa shape index (κ1) is 15.9. The number of hydrogen-bond donors (Lipinski definition) is 1. The summed E-state index contributed by atoms with van der Waals surface area (Å²) < 4.78 is 49.0. The summed E-state index contributed by atoms with van der Waals surface area (Å²) in [6.07, 6.45) is 0.416. The zero-order chi connectivity index (χ0) is 15.7. The molecule has 1 saturated heterocycles. The minimum Gasteiger partial charge on any atom is -0.258 e.